The zero-order valence-electron chi connectivity index (χ0n) is 15.8. The van der Waals surface area contributed by atoms with E-state index in [-0.39, 0.29) is 0 Å². The van der Waals surface area contributed by atoms with Crippen molar-refractivity contribution in [2.45, 2.75) is 13.3 Å². The summed E-state index contributed by atoms with van der Waals surface area (Å²) < 4.78 is 10.6. The van der Waals surface area contributed by atoms with Gasteiger partial charge in [0.25, 0.3) is 0 Å². The van der Waals surface area contributed by atoms with Crippen LogP contribution in [0.25, 0.3) is 0 Å². The lowest BCUT2D eigenvalue weighted by Crippen LogP contribution is -2.09. The monoisotopic (exact) mass is 364 g/mol. The van der Waals surface area contributed by atoms with Crippen LogP contribution in [0.15, 0.2) is 54.6 Å². The minimum atomic E-state index is 0.579. The Bertz CT molecular complexity index is 885. The van der Waals surface area contributed by atoms with Crippen molar-refractivity contribution in [1.82, 2.24) is 9.97 Å². The van der Waals surface area contributed by atoms with Crippen molar-refractivity contribution in [3.05, 3.63) is 65.9 Å². The van der Waals surface area contributed by atoms with Crippen LogP contribution in [0.4, 0.5) is 17.5 Å². The van der Waals surface area contributed by atoms with Crippen LogP contribution in [0.3, 0.4) is 0 Å². The summed E-state index contributed by atoms with van der Waals surface area (Å²) in [6.45, 7) is 2.70. The van der Waals surface area contributed by atoms with Crippen LogP contribution < -0.4 is 20.1 Å². The van der Waals surface area contributed by atoms with E-state index in [0.29, 0.717) is 5.95 Å². The Hall–Kier alpha value is -3.28. The van der Waals surface area contributed by atoms with E-state index in [1.54, 1.807) is 14.2 Å². The molecule has 2 N–H and O–H groups in total. The molecule has 0 unspecified atom stereocenters. The maximum atomic E-state index is 5.36. The Morgan fingerprint density at radius 3 is 2.41 bits per heavy atom. The molecule has 2 aromatic carbocycles. The fraction of sp³-hybridized carbons (Fsp3) is 0.238. The van der Waals surface area contributed by atoms with Gasteiger partial charge in [0.2, 0.25) is 5.95 Å². The van der Waals surface area contributed by atoms with E-state index in [1.807, 2.05) is 61.5 Å². The van der Waals surface area contributed by atoms with Gasteiger partial charge in [-0.1, -0.05) is 24.3 Å². The highest BCUT2D eigenvalue weighted by molar-refractivity contribution is 5.55. The van der Waals surface area contributed by atoms with Gasteiger partial charge in [-0.15, -0.1) is 0 Å². The van der Waals surface area contributed by atoms with Crippen molar-refractivity contribution < 1.29 is 9.47 Å². The maximum absolute atomic E-state index is 5.36. The van der Waals surface area contributed by atoms with E-state index >= 15 is 0 Å². The van der Waals surface area contributed by atoms with E-state index in [9.17, 15) is 0 Å². The maximum Gasteiger partial charge on any atom is 0.229 e. The number of methoxy groups -OCH3 is 2. The fourth-order valence-electron chi connectivity index (χ4n) is 2.74. The lowest BCUT2D eigenvalue weighted by Gasteiger charge is -2.11. The largest absolute Gasteiger partial charge is 0.493 e. The minimum absolute atomic E-state index is 0.579. The zero-order chi connectivity index (χ0) is 19.1. The van der Waals surface area contributed by atoms with Gasteiger partial charge in [0.1, 0.15) is 5.82 Å². The lowest BCUT2D eigenvalue weighted by molar-refractivity contribution is 0.354. The van der Waals surface area contributed by atoms with E-state index < -0.39 is 0 Å². The highest BCUT2D eigenvalue weighted by Crippen LogP contribution is 2.27. The Morgan fingerprint density at radius 2 is 1.67 bits per heavy atom. The molecule has 0 radical (unpaired) electrons. The quantitative estimate of drug-likeness (QED) is 0.624. The Balaban J connectivity index is 1.62. The molecule has 6 heteroatoms. The summed E-state index contributed by atoms with van der Waals surface area (Å²) in [5, 5.41) is 6.59. The molecule has 0 amide bonds. The van der Waals surface area contributed by atoms with Crippen LogP contribution >= 0.6 is 0 Å². The third-order valence-corrected chi connectivity index (χ3v) is 4.05. The number of hydrogen-bond donors (Lipinski definition) is 2. The first kappa shape index (κ1) is 18.5. The highest BCUT2D eigenvalue weighted by Gasteiger charge is 2.06. The van der Waals surface area contributed by atoms with Gasteiger partial charge in [0.05, 0.1) is 14.2 Å². The van der Waals surface area contributed by atoms with Gasteiger partial charge < -0.3 is 20.1 Å². The molecule has 27 heavy (non-hydrogen) atoms. The highest BCUT2D eigenvalue weighted by atomic mass is 16.5. The number of aromatic nitrogens is 2. The molecule has 1 heterocycles. The normalized spacial score (nSPS) is 10.3. The van der Waals surface area contributed by atoms with E-state index in [1.165, 1.54) is 0 Å². The molecule has 0 fully saturated rings. The van der Waals surface area contributed by atoms with Crippen molar-refractivity contribution in [2.24, 2.45) is 0 Å². The predicted octanol–water partition coefficient (Wildman–Crippen LogP) is 4.20. The van der Waals surface area contributed by atoms with Crippen molar-refractivity contribution in [1.29, 1.82) is 0 Å². The predicted molar refractivity (Wildman–Crippen MR) is 108 cm³/mol. The topological polar surface area (TPSA) is 68.3 Å². The smallest absolute Gasteiger partial charge is 0.229 e. The summed E-state index contributed by atoms with van der Waals surface area (Å²) in [7, 11) is 3.28. The second kappa shape index (κ2) is 8.89. The summed E-state index contributed by atoms with van der Waals surface area (Å²) in [6, 6.07) is 17.8. The number of nitrogens with zero attached hydrogens (tertiary/aromatic N) is 2. The molecule has 0 aliphatic rings. The molecule has 0 bridgehead atoms. The molecule has 140 valence electrons. The van der Waals surface area contributed by atoms with Crippen LogP contribution in [-0.4, -0.2) is 30.7 Å². The van der Waals surface area contributed by atoms with E-state index in [4.69, 9.17) is 9.47 Å². The molecule has 0 saturated carbocycles. The second-order valence-electron chi connectivity index (χ2n) is 6.08. The summed E-state index contributed by atoms with van der Waals surface area (Å²) in [5.41, 5.74) is 3.02. The van der Waals surface area contributed by atoms with Crippen LogP contribution in [0, 0.1) is 6.92 Å². The number of rotatable bonds is 8. The number of ether oxygens (including phenoxy) is 2. The second-order valence-corrected chi connectivity index (χ2v) is 6.08. The number of para-hydroxylation sites is 1. The van der Waals surface area contributed by atoms with Gasteiger partial charge in [-0.05, 0) is 43.2 Å². The minimum Gasteiger partial charge on any atom is -0.493 e. The first-order valence-corrected chi connectivity index (χ1v) is 8.80. The molecule has 0 saturated heterocycles. The van der Waals surface area contributed by atoms with Gasteiger partial charge in [-0.25, -0.2) is 4.98 Å². The van der Waals surface area contributed by atoms with Gasteiger partial charge in [-0.2, -0.15) is 4.98 Å². The molecule has 3 aromatic rings. The van der Waals surface area contributed by atoms with Crippen molar-refractivity contribution >= 4 is 17.5 Å². The number of benzene rings is 2. The third-order valence-electron chi connectivity index (χ3n) is 4.05. The molecule has 6 nitrogen and oxygen atoms in total. The number of aryl methyl sites for hydroxylation is 1. The van der Waals surface area contributed by atoms with Crippen molar-refractivity contribution in [3.8, 4) is 11.5 Å². The van der Waals surface area contributed by atoms with Gasteiger partial charge >= 0.3 is 0 Å². The fourth-order valence-corrected chi connectivity index (χ4v) is 2.74. The van der Waals surface area contributed by atoms with Crippen molar-refractivity contribution in [2.75, 3.05) is 31.4 Å². The van der Waals surface area contributed by atoms with Gasteiger partial charge in [0, 0.05) is 24.0 Å². The third kappa shape index (κ3) is 5.10. The molecule has 0 atom stereocenters. The average molecular weight is 364 g/mol. The van der Waals surface area contributed by atoms with E-state index in [0.717, 1.165) is 47.2 Å². The molecule has 0 aliphatic carbocycles. The first-order chi connectivity index (χ1) is 13.2. The SMILES string of the molecule is COc1ccc(CCNc2cc(C)nc(Nc3ccccc3)n2)cc1OC. The summed E-state index contributed by atoms with van der Waals surface area (Å²) in [5.74, 6) is 2.84. The van der Waals surface area contributed by atoms with E-state index in [2.05, 4.69) is 20.6 Å². The molecule has 3 rings (SSSR count). The zero-order valence-corrected chi connectivity index (χ0v) is 15.8. The molecule has 0 spiro atoms. The summed E-state index contributed by atoms with van der Waals surface area (Å²) in [6.07, 6.45) is 0.838. The van der Waals surface area contributed by atoms with Crippen LogP contribution in [-0.2, 0) is 6.42 Å². The van der Waals surface area contributed by atoms with Crippen LogP contribution in [0.5, 0.6) is 11.5 Å². The molecule has 0 aliphatic heterocycles. The Kier molecular flexibility index (Phi) is 6.10. The summed E-state index contributed by atoms with van der Waals surface area (Å²) in [4.78, 5) is 8.99. The molecular weight excluding hydrogens is 340 g/mol. The van der Waals surface area contributed by atoms with Crippen LogP contribution in [0.2, 0.25) is 0 Å². The lowest BCUT2D eigenvalue weighted by atomic mass is 10.1. The standard InChI is InChI=1S/C21H24N4O2/c1-15-13-20(25-21(23-15)24-17-7-5-4-6-8-17)22-12-11-16-9-10-18(26-2)19(14-16)27-3/h4-10,13-14H,11-12H2,1-3H3,(H2,22,23,24,25). The Morgan fingerprint density at radius 1 is 0.889 bits per heavy atom. The van der Waals surface area contributed by atoms with Crippen LogP contribution in [0.1, 0.15) is 11.3 Å². The van der Waals surface area contributed by atoms with Gasteiger partial charge in [0.15, 0.2) is 11.5 Å². The summed E-state index contributed by atoms with van der Waals surface area (Å²) >= 11 is 0. The Labute approximate surface area is 159 Å². The average Bonchev–Trinajstić information content (AvgIpc) is 2.68. The molecule has 1 aromatic heterocycles. The number of anilines is 3. The molecular formula is C21H24N4O2. The van der Waals surface area contributed by atoms with Crippen molar-refractivity contribution in [3.63, 3.8) is 0 Å². The number of nitrogens with one attached hydrogen (secondary N) is 2. The number of hydrogen-bond acceptors (Lipinski definition) is 6. The van der Waals surface area contributed by atoms with Gasteiger partial charge in [-0.3, -0.25) is 0 Å². The first-order valence-electron chi connectivity index (χ1n) is 8.80.